The summed E-state index contributed by atoms with van der Waals surface area (Å²) in [5, 5.41) is 0. The molecule has 4 heteroatoms. The van der Waals surface area contributed by atoms with E-state index in [1.54, 1.807) is 0 Å². The summed E-state index contributed by atoms with van der Waals surface area (Å²) in [5.41, 5.74) is 7.22. The highest BCUT2D eigenvalue weighted by Crippen LogP contribution is 2.32. The number of hydrogen-bond donors (Lipinski definition) is 1. The number of anilines is 1. The molecule has 1 aliphatic rings. The van der Waals surface area contributed by atoms with Crippen LogP contribution in [0.2, 0.25) is 0 Å². The van der Waals surface area contributed by atoms with Gasteiger partial charge in [0.05, 0.1) is 6.04 Å². The predicted molar refractivity (Wildman–Crippen MR) is 80.4 cm³/mol. The van der Waals surface area contributed by atoms with Crippen molar-refractivity contribution in [3.8, 4) is 0 Å². The van der Waals surface area contributed by atoms with Gasteiger partial charge in [-0.3, -0.25) is 0 Å². The van der Waals surface area contributed by atoms with Gasteiger partial charge in [-0.05, 0) is 57.7 Å². The van der Waals surface area contributed by atoms with Crippen molar-refractivity contribution >= 4 is 11.8 Å². The predicted octanol–water partition coefficient (Wildman–Crippen LogP) is 3.73. The maximum atomic E-state index is 12.4. The summed E-state index contributed by atoms with van der Waals surface area (Å²) in [6.07, 6.45) is 2.88. The van der Waals surface area contributed by atoms with Crippen LogP contribution < -0.4 is 5.73 Å². The van der Waals surface area contributed by atoms with Crippen molar-refractivity contribution < 1.29 is 9.53 Å². The van der Waals surface area contributed by atoms with E-state index >= 15 is 0 Å². The number of hydrogen-bond acceptors (Lipinski definition) is 3. The van der Waals surface area contributed by atoms with E-state index in [0.717, 1.165) is 37.1 Å². The van der Waals surface area contributed by atoms with E-state index in [1.165, 1.54) is 0 Å². The Bertz CT molecular complexity index is 480. The lowest BCUT2D eigenvalue weighted by Crippen LogP contribution is -2.41. The molecule has 1 saturated heterocycles. The van der Waals surface area contributed by atoms with Gasteiger partial charge in [0.15, 0.2) is 0 Å². The van der Waals surface area contributed by atoms with E-state index in [1.807, 2.05) is 49.9 Å². The first kappa shape index (κ1) is 14.7. The maximum absolute atomic E-state index is 12.4. The lowest BCUT2D eigenvalue weighted by atomic mass is 9.95. The summed E-state index contributed by atoms with van der Waals surface area (Å²) in [5.74, 6) is 0. The van der Waals surface area contributed by atoms with Crippen LogP contribution in [-0.2, 0) is 4.74 Å². The second kappa shape index (κ2) is 5.73. The molecule has 0 aliphatic carbocycles. The molecule has 1 aromatic carbocycles. The zero-order valence-corrected chi connectivity index (χ0v) is 12.6. The minimum atomic E-state index is -0.463. The summed E-state index contributed by atoms with van der Waals surface area (Å²) in [6.45, 7) is 6.42. The molecule has 1 atom stereocenters. The Morgan fingerprint density at radius 2 is 2.10 bits per heavy atom. The van der Waals surface area contributed by atoms with E-state index in [0.29, 0.717) is 0 Å². The molecule has 4 nitrogen and oxygen atoms in total. The van der Waals surface area contributed by atoms with Crippen LogP contribution in [0.5, 0.6) is 0 Å². The first-order valence-electron chi connectivity index (χ1n) is 7.22. The fourth-order valence-corrected chi connectivity index (χ4v) is 2.58. The fourth-order valence-electron chi connectivity index (χ4n) is 2.58. The van der Waals surface area contributed by atoms with Crippen molar-refractivity contribution in [2.45, 2.75) is 51.7 Å². The molecule has 1 amide bonds. The van der Waals surface area contributed by atoms with Crippen LogP contribution in [0.15, 0.2) is 24.3 Å². The van der Waals surface area contributed by atoms with Gasteiger partial charge in [-0.15, -0.1) is 0 Å². The van der Waals surface area contributed by atoms with Gasteiger partial charge >= 0.3 is 6.09 Å². The monoisotopic (exact) mass is 276 g/mol. The molecule has 2 rings (SSSR count). The van der Waals surface area contributed by atoms with Crippen molar-refractivity contribution in [2.75, 3.05) is 12.3 Å². The number of likely N-dealkylation sites (tertiary alicyclic amines) is 1. The Morgan fingerprint density at radius 3 is 2.75 bits per heavy atom. The number of benzene rings is 1. The summed E-state index contributed by atoms with van der Waals surface area (Å²) >= 11 is 0. The van der Waals surface area contributed by atoms with Crippen LogP contribution in [0.4, 0.5) is 10.5 Å². The number of nitrogens with two attached hydrogens (primary N) is 1. The number of ether oxygens (including phenoxy) is 1. The number of carbonyl (C=O) groups excluding carboxylic acids is 1. The topological polar surface area (TPSA) is 55.6 Å². The smallest absolute Gasteiger partial charge is 0.410 e. The van der Waals surface area contributed by atoms with Crippen LogP contribution in [0.25, 0.3) is 0 Å². The summed E-state index contributed by atoms with van der Waals surface area (Å²) in [7, 11) is 0. The van der Waals surface area contributed by atoms with Gasteiger partial charge in [0.1, 0.15) is 5.60 Å². The Morgan fingerprint density at radius 1 is 1.35 bits per heavy atom. The molecule has 1 fully saturated rings. The Labute approximate surface area is 120 Å². The second-order valence-electron chi connectivity index (χ2n) is 6.36. The third-order valence-electron chi connectivity index (χ3n) is 3.43. The molecule has 110 valence electrons. The quantitative estimate of drug-likeness (QED) is 0.795. The highest BCUT2D eigenvalue weighted by atomic mass is 16.6. The third-order valence-corrected chi connectivity index (χ3v) is 3.43. The average molecular weight is 276 g/mol. The molecule has 1 aromatic rings. The molecule has 0 saturated carbocycles. The largest absolute Gasteiger partial charge is 0.444 e. The Balaban J connectivity index is 2.19. The van der Waals surface area contributed by atoms with E-state index in [9.17, 15) is 4.79 Å². The van der Waals surface area contributed by atoms with Crippen LogP contribution in [-0.4, -0.2) is 23.1 Å². The summed E-state index contributed by atoms with van der Waals surface area (Å²) < 4.78 is 5.51. The van der Waals surface area contributed by atoms with Crippen LogP contribution >= 0.6 is 0 Å². The standard InChI is InChI=1S/C16H24N2O2/c1-16(2,3)20-15(19)18-10-5-4-9-14(18)12-7-6-8-13(17)11-12/h6-8,11,14H,4-5,9-10,17H2,1-3H3/t14-/m1/s1. The number of amides is 1. The third kappa shape index (κ3) is 3.65. The Kier molecular flexibility index (Phi) is 4.21. The second-order valence-corrected chi connectivity index (χ2v) is 6.36. The van der Waals surface area contributed by atoms with E-state index < -0.39 is 5.60 Å². The van der Waals surface area contributed by atoms with Crippen molar-refractivity contribution in [1.29, 1.82) is 0 Å². The zero-order valence-electron chi connectivity index (χ0n) is 12.6. The van der Waals surface area contributed by atoms with Gasteiger partial charge in [0, 0.05) is 12.2 Å². The average Bonchev–Trinajstić information content (AvgIpc) is 2.37. The molecule has 20 heavy (non-hydrogen) atoms. The lowest BCUT2D eigenvalue weighted by molar-refractivity contribution is 0.00952. The molecule has 0 aromatic heterocycles. The number of nitrogens with zero attached hydrogens (tertiary/aromatic N) is 1. The zero-order chi connectivity index (χ0) is 14.8. The van der Waals surface area contributed by atoms with Crippen molar-refractivity contribution in [1.82, 2.24) is 4.90 Å². The molecular formula is C16H24N2O2. The highest BCUT2D eigenvalue weighted by Gasteiger charge is 2.31. The van der Waals surface area contributed by atoms with E-state index in [4.69, 9.17) is 10.5 Å². The van der Waals surface area contributed by atoms with Crippen molar-refractivity contribution in [3.63, 3.8) is 0 Å². The van der Waals surface area contributed by atoms with Crippen LogP contribution in [0, 0.1) is 0 Å². The van der Waals surface area contributed by atoms with Gasteiger partial charge in [0.25, 0.3) is 0 Å². The van der Waals surface area contributed by atoms with Gasteiger partial charge in [-0.2, -0.15) is 0 Å². The first-order chi connectivity index (χ1) is 9.37. The van der Waals surface area contributed by atoms with Crippen LogP contribution in [0.3, 0.4) is 0 Å². The van der Waals surface area contributed by atoms with Gasteiger partial charge < -0.3 is 15.4 Å². The van der Waals surface area contributed by atoms with E-state index in [2.05, 4.69) is 0 Å². The molecule has 0 radical (unpaired) electrons. The SMILES string of the molecule is CC(C)(C)OC(=O)N1CCCC[C@@H]1c1cccc(N)c1. The fraction of sp³-hybridized carbons (Fsp3) is 0.562. The molecule has 2 N–H and O–H groups in total. The normalized spacial score (nSPS) is 19.8. The lowest BCUT2D eigenvalue weighted by Gasteiger charge is -2.37. The first-order valence-corrected chi connectivity index (χ1v) is 7.22. The van der Waals surface area contributed by atoms with Gasteiger partial charge in [0.2, 0.25) is 0 Å². The summed E-state index contributed by atoms with van der Waals surface area (Å²) in [4.78, 5) is 14.2. The number of carbonyl (C=O) groups is 1. The van der Waals surface area contributed by atoms with Crippen LogP contribution in [0.1, 0.15) is 51.6 Å². The van der Waals surface area contributed by atoms with Gasteiger partial charge in [-0.1, -0.05) is 12.1 Å². The maximum Gasteiger partial charge on any atom is 0.410 e. The van der Waals surface area contributed by atoms with E-state index in [-0.39, 0.29) is 12.1 Å². The minimum Gasteiger partial charge on any atom is -0.444 e. The minimum absolute atomic E-state index is 0.0714. The number of piperidine rings is 1. The molecule has 1 heterocycles. The Hall–Kier alpha value is -1.71. The number of nitrogen functional groups attached to an aromatic ring is 1. The molecule has 0 spiro atoms. The summed E-state index contributed by atoms with van der Waals surface area (Å²) in [6, 6.07) is 7.86. The number of rotatable bonds is 1. The van der Waals surface area contributed by atoms with Gasteiger partial charge in [-0.25, -0.2) is 4.79 Å². The molecular weight excluding hydrogens is 252 g/mol. The molecule has 0 bridgehead atoms. The highest BCUT2D eigenvalue weighted by molar-refractivity contribution is 5.69. The molecule has 1 aliphatic heterocycles. The molecule has 0 unspecified atom stereocenters. The van der Waals surface area contributed by atoms with Crippen molar-refractivity contribution in [3.05, 3.63) is 29.8 Å². The van der Waals surface area contributed by atoms with Crippen molar-refractivity contribution in [2.24, 2.45) is 0 Å².